The van der Waals surface area contributed by atoms with Gasteiger partial charge < -0.3 is 25.4 Å². The van der Waals surface area contributed by atoms with Gasteiger partial charge in [0.2, 0.25) is 0 Å². The molecule has 6 atom stereocenters. The molecule has 3 aromatic rings. The van der Waals surface area contributed by atoms with Crippen LogP contribution in [0, 0.1) is 0 Å². The van der Waals surface area contributed by atoms with Crippen LogP contribution in [0.15, 0.2) is 36.9 Å². The van der Waals surface area contributed by atoms with Gasteiger partial charge in [0.25, 0.3) is 0 Å². The lowest BCUT2D eigenvalue weighted by atomic mass is 10.1. The maximum Gasteiger partial charge on any atom is 0.333 e. The molecule has 14 heteroatoms. The zero-order valence-electron chi connectivity index (χ0n) is 17.1. The predicted molar refractivity (Wildman–Crippen MR) is 113 cm³/mol. The fraction of sp³-hybridized carbons (Fsp3) is 0.421. The van der Waals surface area contributed by atoms with E-state index < -0.39 is 47.6 Å². The molecule has 33 heavy (non-hydrogen) atoms. The summed E-state index contributed by atoms with van der Waals surface area (Å²) in [4.78, 5) is 12.8. The Kier molecular flexibility index (Phi) is 5.52. The smallest absolute Gasteiger partial charge is 0.333 e. The SMILES string of the molecule is NS(=O)(=O)OC[C@H]1O[C@@H](n2cnc3c(N[C@@H]4c5ccccc5C[C@@H]4O)ncnc32)[C@H](O)[C@@H]1O. The summed E-state index contributed by atoms with van der Waals surface area (Å²) in [5.74, 6) is 0.377. The maximum absolute atomic E-state index is 11.0. The number of nitrogens with two attached hydrogens (primary N) is 1. The van der Waals surface area contributed by atoms with Gasteiger partial charge in [0, 0.05) is 6.42 Å². The number of aliphatic hydroxyl groups excluding tert-OH is 3. The lowest BCUT2D eigenvalue weighted by Crippen LogP contribution is -2.35. The van der Waals surface area contributed by atoms with E-state index in [0.717, 1.165) is 11.1 Å². The molecule has 2 aromatic heterocycles. The molecule has 1 fully saturated rings. The predicted octanol–water partition coefficient (Wildman–Crippen LogP) is -1.26. The number of imidazole rings is 1. The Hall–Kier alpha value is -2.72. The Bertz CT molecular complexity index is 1280. The van der Waals surface area contributed by atoms with Crippen LogP contribution in [0.4, 0.5) is 5.82 Å². The second-order valence-corrected chi connectivity index (χ2v) is 9.18. The molecule has 3 heterocycles. The van der Waals surface area contributed by atoms with E-state index in [0.29, 0.717) is 23.4 Å². The summed E-state index contributed by atoms with van der Waals surface area (Å²) in [6.07, 6.45) is -2.57. The normalized spacial score (nSPS) is 29.5. The zero-order chi connectivity index (χ0) is 23.3. The van der Waals surface area contributed by atoms with Gasteiger partial charge in [0.15, 0.2) is 23.2 Å². The first-order valence-electron chi connectivity index (χ1n) is 10.1. The van der Waals surface area contributed by atoms with Crippen LogP contribution in [-0.2, 0) is 25.6 Å². The average molecular weight is 478 g/mol. The minimum Gasteiger partial charge on any atom is -0.390 e. The summed E-state index contributed by atoms with van der Waals surface area (Å²) in [6, 6.07) is 7.33. The Morgan fingerprint density at radius 1 is 1.18 bits per heavy atom. The Morgan fingerprint density at radius 2 is 1.97 bits per heavy atom. The molecule has 0 bridgehead atoms. The van der Waals surface area contributed by atoms with Crippen molar-refractivity contribution in [1.82, 2.24) is 19.5 Å². The number of hydrogen-bond donors (Lipinski definition) is 5. The highest BCUT2D eigenvalue weighted by molar-refractivity contribution is 7.84. The molecule has 0 radical (unpaired) electrons. The van der Waals surface area contributed by atoms with Crippen LogP contribution in [0.2, 0.25) is 0 Å². The van der Waals surface area contributed by atoms with Gasteiger partial charge in [-0.3, -0.25) is 8.75 Å². The number of fused-ring (bicyclic) bond motifs is 2. The van der Waals surface area contributed by atoms with E-state index in [1.54, 1.807) is 0 Å². The molecule has 6 N–H and O–H groups in total. The first-order chi connectivity index (χ1) is 15.7. The summed E-state index contributed by atoms with van der Waals surface area (Å²) in [5, 5.41) is 39.3. The third-order valence-corrected chi connectivity index (χ3v) is 6.33. The van der Waals surface area contributed by atoms with E-state index in [-0.39, 0.29) is 6.04 Å². The van der Waals surface area contributed by atoms with Crippen LogP contribution in [0.5, 0.6) is 0 Å². The number of nitrogens with zero attached hydrogens (tertiary/aromatic N) is 4. The Morgan fingerprint density at radius 3 is 2.76 bits per heavy atom. The van der Waals surface area contributed by atoms with Crippen molar-refractivity contribution in [3.05, 3.63) is 48.0 Å². The summed E-state index contributed by atoms with van der Waals surface area (Å²) in [7, 11) is -4.24. The van der Waals surface area contributed by atoms with E-state index in [1.807, 2.05) is 24.3 Å². The van der Waals surface area contributed by atoms with Gasteiger partial charge in [-0.25, -0.2) is 20.1 Å². The fourth-order valence-electron chi connectivity index (χ4n) is 4.30. The summed E-state index contributed by atoms with van der Waals surface area (Å²) in [6.45, 7) is -0.568. The lowest BCUT2D eigenvalue weighted by molar-refractivity contribution is -0.0467. The van der Waals surface area contributed by atoms with Crippen molar-refractivity contribution in [2.75, 3.05) is 11.9 Å². The van der Waals surface area contributed by atoms with E-state index in [4.69, 9.17) is 9.88 Å². The summed E-state index contributed by atoms with van der Waals surface area (Å²) in [5.41, 5.74) is 2.68. The van der Waals surface area contributed by atoms with Crippen molar-refractivity contribution in [1.29, 1.82) is 0 Å². The van der Waals surface area contributed by atoms with Gasteiger partial charge in [-0.05, 0) is 11.1 Å². The van der Waals surface area contributed by atoms with Crippen molar-refractivity contribution in [2.24, 2.45) is 5.14 Å². The van der Waals surface area contributed by atoms with E-state index in [1.165, 1.54) is 17.2 Å². The molecule has 1 aliphatic heterocycles. The minimum atomic E-state index is -4.24. The standard InChI is InChI=1S/C19H22N6O7S/c20-33(29,30)31-6-12-15(27)16(28)19(32-12)25-8-23-14-17(21-7-22-18(14)25)24-13-10-4-2-1-3-9(10)5-11(13)26/h1-4,7-8,11-13,15-16,19,26-28H,5-6H2,(H2,20,29,30)(H,21,22,24)/t11-,12+,13+,15+,16+,19+/m0/s1. The highest BCUT2D eigenvalue weighted by atomic mass is 32.2. The van der Waals surface area contributed by atoms with Crippen molar-refractivity contribution in [2.45, 2.75) is 43.1 Å². The van der Waals surface area contributed by atoms with Crippen molar-refractivity contribution >= 4 is 27.3 Å². The van der Waals surface area contributed by atoms with Crippen molar-refractivity contribution in [3.63, 3.8) is 0 Å². The first kappa shape index (κ1) is 22.1. The van der Waals surface area contributed by atoms with Gasteiger partial charge in [-0.15, -0.1) is 0 Å². The van der Waals surface area contributed by atoms with E-state index in [2.05, 4.69) is 24.5 Å². The number of rotatable bonds is 6. The number of nitrogens with one attached hydrogen (secondary N) is 1. The highest BCUT2D eigenvalue weighted by Crippen LogP contribution is 2.36. The molecule has 2 aliphatic rings. The van der Waals surface area contributed by atoms with Gasteiger partial charge in [0.1, 0.15) is 24.6 Å². The van der Waals surface area contributed by atoms with Crippen LogP contribution >= 0.6 is 0 Å². The molecule has 1 saturated heterocycles. The number of ether oxygens (including phenoxy) is 1. The summed E-state index contributed by atoms with van der Waals surface area (Å²) >= 11 is 0. The molecular weight excluding hydrogens is 456 g/mol. The van der Waals surface area contributed by atoms with Gasteiger partial charge in [-0.2, -0.15) is 8.42 Å². The average Bonchev–Trinajstić information content (AvgIpc) is 3.42. The van der Waals surface area contributed by atoms with Crippen LogP contribution < -0.4 is 10.5 Å². The third kappa shape index (κ3) is 4.06. The van der Waals surface area contributed by atoms with Crippen LogP contribution in [-0.4, -0.2) is 74.3 Å². The molecule has 5 rings (SSSR count). The van der Waals surface area contributed by atoms with E-state index in [9.17, 15) is 23.7 Å². The van der Waals surface area contributed by atoms with Crippen molar-refractivity contribution < 1.29 is 32.7 Å². The third-order valence-electron chi connectivity index (χ3n) is 5.86. The molecule has 1 aromatic carbocycles. The lowest BCUT2D eigenvalue weighted by Gasteiger charge is -2.19. The molecule has 0 spiro atoms. The molecule has 0 unspecified atom stereocenters. The van der Waals surface area contributed by atoms with Crippen LogP contribution in [0.3, 0.4) is 0 Å². The minimum absolute atomic E-state index is 0.303. The number of anilines is 1. The van der Waals surface area contributed by atoms with Crippen LogP contribution in [0.25, 0.3) is 11.2 Å². The van der Waals surface area contributed by atoms with Crippen molar-refractivity contribution in [3.8, 4) is 0 Å². The largest absolute Gasteiger partial charge is 0.390 e. The van der Waals surface area contributed by atoms with Gasteiger partial charge >= 0.3 is 10.3 Å². The number of aromatic nitrogens is 4. The monoisotopic (exact) mass is 478 g/mol. The molecule has 0 amide bonds. The maximum atomic E-state index is 11.0. The number of hydrogen-bond acceptors (Lipinski definition) is 11. The molecule has 176 valence electrons. The summed E-state index contributed by atoms with van der Waals surface area (Å²) < 4.78 is 33.6. The molecular formula is C19H22N6O7S. The second kappa shape index (κ2) is 8.25. The number of aliphatic hydroxyl groups is 3. The quantitative estimate of drug-likeness (QED) is 0.283. The fourth-order valence-corrected chi connectivity index (χ4v) is 4.62. The molecule has 1 aliphatic carbocycles. The van der Waals surface area contributed by atoms with Gasteiger partial charge in [-0.1, -0.05) is 24.3 Å². The van der Waals surface area contributed by atoms with Crippen LogP contribution in [0.1, 0.15) is 23.4 Å². The highest BCUT2D eigenvalue weighted by Gasteiger charge is 2.45. The Balaban J connectivity index is 1.41. The molecule has 0 saturated carbocycles. The topological polar surface area (TPSA) is 195 Å². The first-order valence-corrected chi connectivity index (χ1v) is 11.6. The zero-order valence-corrected chi connectivity index (χ0v) is 17.9. The van der Waals surface area contributed by atoms with E-state index >= 15 is 0 Å². The second-order valence-electron chi connectivity index (χ2n) is 7.96. The number of benzene rings is 1. The Labute approximate surface area is 188 Å². The molecule has 13 nitrogen and oxygen atoms in total. The van der Waals surface area contributed by atoms with Gasteiger partial charge in [0.05, 0.1) is 25.1 Å².